The molecule has 1 N–H and O–H groups in total. The van der Waals surface area contributed by atoms with E-state index in [9.17, 15) is 13.6 Å². The first kappa shape index (κ1) is 20.4. The number of nitrogens with one attached hydrogen (secondary N) is 1. The van der Waals surface area contributed by atoms with Crippen molar-refractivity contribution in [2.45, 2.75) is 26.2 Å². The second-order valence-corrected chi connectivity index (χ2v) is 6.59. The monoisotopic (exact) mass is 400 g/mol. The number of hydrogen-bond donors (Lipinski definition) is 1. The van der Waals surface area contributed by atoms with Crippen molar-refractivity contribution in [2.75, 3.05) is 11.9 Å². The van der Waals surface area contributed by atoms with Gasteiger partial charge in [-0.3, -0.25) is 9.48 Å². The number of benzene rings is 2. The molecular formula is C21H22F2N4O2. The first-order chi connectivity index (χ1) is 13.8. The van der Waals surface area contributed by atoms with E-state index in [0.717, 1.165) is 18.2 Å². The van der Waals surface area contributed by atoms with Gasteiger partial charge in [0.25, 0.3) is 5.92 Å². The second-order valence-electron chi connectivity index (χ2n) is 6.59. The summed E-state index contributed by atoms with van der Waals surface area (Å²) < 4.78 is 33.3. The Morgan fingerprint density at radius 1 is 1.17 bits per heavy atom. The summed E-state index contributed by atoms with van der Waals surface area (Å²) in [4.78, 5) is 16.2. The number of aromatic nitrogens is 3. The van der Waals surface area contributed by atoms with E-state index >= 15 is 0 Å². The normalized spacial score (nSPS) is 11.3. The van der Waals surface area contributed by atoms with Crippen LogP contribution in [0.4, 0.5) is 20.2 Å². The predicted octanol–water partition coefficient (Wildman–Crippen LogP) is 4.44. The van der Waals surface area contributed by atoms with Gasteiger partial charge < -0.3 is 10.1 Å². The highest BCUT2D eigenvalue weighted by molar-refractivity contribution is 5.78. The maximum absolute atomic E-state index is 13.4. The Labute approximate surface area is 167 Å². The van der Waals surface area contributed by atoms with Crippen molar-refractivity contribution >= 4 is 17.3 Å². The molecule has 29 heavy (non-hydrogen) atoms. The molecule has 0 spiro atoms. The van der Waals surface area contributed by atoms with Crippen LogP contribution in [0.5, 0.6) is 0 Å². The molecule has 0 aliphatic rings. The quantitative estimate of drug-likeness (QED) is 0.594. The van der Waals surface area contributed by atoms with Crippen LogP contribution >= 0.6 is 0 Å². The second kappa shape index (κ2) is 8.38. The topological polar surface area (TPSA) is 69.0 Å². The van der Waals surface area contributed by atoms with E-state index in [0.29, 0.717) is 23.9 Å². The molecule has 0 saturated carbocycles. The average Bonchev–Trinajstić information content (AvgIpc) is 3.02. The van der Waals surface area contributed by atoms with Crippen LogP contribution in [0.3, 0.4) is 0 Å². The van der Waals surface area contributed by atoms with E-state index in [2.05, 4.69) is 15.4 Å². The Bertz CT molecular complexity index is 995. The summed E-state index contributed by atoms with van der Waals surface area (Å²) >= 11 is 0. The molecule has 0 unspecified atom stereocenters. The van der Waals surface area contributed by atoms with Gasteiger partial charge in [0.1, 0.15) is 12.2 Å². The fourth-order valence-corrected chi connectivity index (χ4v) is 2.81. The molecule has 0 aliphatic carbocycles. The smallest absolute Gasteiger partial charge is 0.313 e. The van der Waals surface area contributed by atoms with Gasteiger partial charge in [0.15, 0.2) is 5.82 Å². The molecule has 0 aliphatic heterocycles. The summed E-state index contributed by atoms with van der Waals surface area (Å²) in [6, 6.07) is 13.4. The summed E-state index contributed by atoms with van der Waals surface area (Å²) in [5, 5.41) is 7.62. The lowest BCUT2D eigenvalue weighted by Crippen LogP contribution is -2.11. The number of hydrogen-bond acceptors (Lipinski definition) is 5. The predicted molar refractivity (Wildman–Crippen MR) is 106 cm³/mol. The van der Waals surface area contributed by atoms with E-state index in [4.69, 9.17) is 4.74 Å². The molecular weight excluding hydrogens is 378 g/mol. The molecule has 1 aromatic heterocycles. The zero-order chi connectivity index (χ0) is 21.0. The van der Waals surface area contributed by atoms with Crippen LogP contribution in [0.2, 0.25) is 0 Å². The highest BCUT2D eigenvalue weighted by Gasteiger charge is 2.23. The van der Waals surface area contributed by atoms with Crippen molar-refractivity contribution in [3.8, 4) is 11.4 Å². The molecule has 0 bridgehead atoms. The number of carbonyl (C=O) groups excluding carboxylic acids is 1. The van der Waals surface area contributed by atoms with Gasteiger partial charge in [-0.05, 0) is 31.2 Å². The third kappa shape index (κ3) is 4.96. The number of ether oxygens (including phenoxy) is 1. The van der Waals surface area contributed by atoms with Gasteiger partial charge in [-0.2, -0.15) is 5.10 Å². The molecule has 8 heteroatoms. The summed E-state index contributed by atoms with van der Waals surface area (Å²) in [6.07, 6.45) is 0.0274. The minimum atomic E-state index is -2.89. The first-order valence-corrected chi connectivity index (χ1v) is 9.18. The number of aryl methyl sites for hydroxylation is 1. The third-order valence-corrected chi connectivity index (χ3v) is 4.30. The van der Waals surface area contributed by atoms with E-state index in [1.165, 1.54) is 12.1 Å². The lowest BCUT2D eigenvalue weighted by Gasteiger charge is -2.13. The van der Waals surface area contributed by atoms with Crippen molar-refractivity contribution < 1.29 is 18.3 Å². The minimum absolute atomic E-state index is 0.0274. The van der Waals surface area contributed by atoms with E-state index < -0.39 is 5.92 Å². The molecule has 0 radical (unpaired) electrons. The molecule has 3 aromatic rings. The number of para-hydroxylation sites is 1. The van der Waals surface area contributed by atoms with Crippen LogP contribution in [-0.4, -0.2) is 27.3 Å². The van der Waals surface area contributed by atoms with Crippen LogP contribution in [0, 0.1) is 0 Å². The number of halogens is 2. The Morgan fingerprint density at radius 2 is 1.86 bits per heavy atom. The Kier molecular flexibility index (Phi) is 5.91. The lowest BCUT2D eigenvalue weighted by molar-refractivity contribution is -0.142. The fraction of sp³-hybridized carbons (Fsp3) is 0.286. The summed E-state index contributed by atoms with van der Waals surface area (Å²) in [6.45, 7) is 2.92. The number of esters is 1. The third-order valence-electron chi connectivity index (χ3n) is 4.30. The highest BCUT2D eigenvalue weighted by Crippen LogP contribution is 2.31. The molecule has 3 rings (SSSR count). The van der Waals surface area contributed by atoms with E-state index in [-0.39, 0.29) is 18.0 Å². The molecule has 152 valence electrons. The molecule has 0 fully saturated rings. The van der Waals surface area contributed by atoms with Gasteiger partial charge in [-0.1, -0.05) is 24.3 Å². The van der Waals surface area contributed by atoms with Crippen molar-refractivity contribution in [1.29, 1.82) is 0 Å². The SMILES string of the molecule is CCOC(=O)Cc1nc(-c2ccccc2Nc2ccc(C(C)(F)F)cc2)nn1C. The number of nitrogens with zero attached hydrogens (tertiary/aromatic N) is 3. The minimum Gasteiger partial charge on any atom is -0.466 e. The molecule has 2 aromatic carbocycles. The summed E-state index contributed by atoms with van der Waals surface area (Å²) in [7, 11) is 1.71. The summed E-state index contributed by atoms with van der Waals surface area (Å²) in [5.74, 6) is -2.31. The summed E-state index contributed by atoms with van der Waals surface area (Å²) in [5.41, 5.74) is 2.05. The Balaban J connectivity index is 1.85. The number of alkyl halides is 2. The molecule has 1 heterocycles. The first-order valence-electron chi connectivity index (χ1n) is 9.18. The van der Waals surface area contributed by atoms with Crippen LogP contribution < -0.4 is 5.32 Å². The van der Waals surface area contributed by atoms with Crippen molar-refractivity contribution in [1.82, 2.24) is 14.8 Å². The van der Waals surface area contributed by atoms with Crippen LogP contribution in [0.25, 0.3) is 11.4 Å². The van der Waals surface area contributed by atoms with Crippen LogP contribution in [0.1, 0.15) is 25.2 Å². The molecule has 0 saturated heterocycles. The van der Waals surface area contributed by atoms with Crippen molar-refractivity contribution in [3.05, 3.63) is 59.9 Å². The van der Waals surface area contributed by atoms with Crippen LogP contribution in [-0.2, 0) is 28.9 Å². The molecule has 0 atom stereocenters. The van der Waals surface area contributed by atoms with Gasteiger partial charge in [0, 0.05) is 36.5 Å². The van der Waals surface area contributed by atoms with E-state index in [1.54, 1.807) is 30.8 Å². The largest absolute Gasteiger partial charge is 0.466 e. The molecule has 0 amide bonds. The van der Waals surface area contributed by atoms with Gasteiger partial charge in [-0.25, -0.2) is 13.8 Å². The maximum atomic E-state index is 13.4. The van der Waals surface area contributed by atoms with Crippen molar-refractivity contribution in [2.24, 2.45) is 7.05 Å². The average molecular weight is 400 g/mol. The van der Waals surface area contributed by atoms with E-state index in [1.807, 2.05) is 24.3 Å². The fourth-order valence-electron chi connectivity index (χ4n) is 2.81. The number of carbonyl (C=O) groups is 1. The number of anilines is 2. The standard InChI is InChI=1S/C21H22F2N4O2/c1-4-29-19(28)13-18-25-20(26-27(18)3)16-7-5-6-8-17(16)24-15-11-9-14(10-12-15)21(2,22)23/h5-12,24H,4,13H2,1-3H3. The lowest BCUT2D eigenvalue weighted by atomic mass is 10.1. The maximum Gasteiger partial charge on any atom is 0.313 e. The van der Waals surface area contributed by atoms with Gasteiger partial charge in [0.2, 0.25) is 0 Å². The molecule has 6 nitrogen and oxygen atoms in total. The number of rotatable bonds is 7. The zero-order valence-electron chi connectivity index (χ0n) is 16.4. The van der Waals surface area contributed by atoms with Gasteiger partial charge in [-0.15, -0.1) is 0 Å². The van der Waals surface area contributed by atoms with Crippen molar-refractivity contribution in [3.63, 3.8) is 0 Å². The van der Waals surface area contributed by atoms with Gasteiger partial charge in [0.05, 0.1) is 6.61 Å². The highest BCUT2D eigenvalue weighted by atomic mass is 19.3. The van der Waals surface area contributed by atoms with Crippen LogP contribution in [0.15, 0.2) is 48.5 Å². The zero-order valence-corrected chi connectivity index (χ0v) is 16.4. The Morgan fingerprint density at radius 3 is 2.52 bits per heavy atom. The Hall–Kier alpha value is -3.29. The van der Waals surface area contributed by atoms with Gasteiger partial charge >= 0.3 is 5.97 Å².